The molecule has 1 aliphatic heterocycles. The van der Waals surface area contributed by atoms with E-state index in [0.717, 1.165) is 12.3 Å². The third kappa shape index (κ3) is 2.52. The van der Waals surface area contributed by atoms with Crippen molar-refractivity contribution in [1.82, 2.24) is 0 Å². The molecule has 4 aromatic rings. The molecule has 5 rings (SSSR count). The van der Waals surface area contributed by atoms with Crippen molar-refractivity contribution in [3.05, 3.63) is 94.7 Å². The highest BCUT2D eigenvalue weighted by Gasteiger charge is 2.52. The van der Waals surface area contributed by atoms with Gasteiger partial charge in [0.1, 0.15) is 10.6 Å². The molecule has 122 valence electrons. The Labute approximate surface area is 157 Å². The SMILES string of the molecule is c1ccc(C[P+]2(Cc3ccccc3)c3ccsc3-c3sccc32)cc1. The molecule has 2 aromatic heterocycles. The summed E-state index contributed by atoms with van der Waals surface area (Å²) in [6, 6.07) is 26.9. The maximum atomic E-state index is 2.41. The molecule has 0 saturated heterocycles. The molecular formula is C22H18PS2+. The Kier molecular flexibility index (Phi) is 3.86. The highest BCUT2D eigenvalue weighted by atomic mass is 32.1. The molecule has 0 fully saturated rings. The Balaban J connectivity index is 1.70. The van der Waals surface area contributed by atoms with Crippen LogP contribution in [0, 0.1) is 0 Å². The molecule has 0 radical (unpaired) electrons. The molecule has 1 aliphatic rings. The molecule has 0 saturated carbocycles. The van der Waals surface area contributed by atoms with Crippen LogP contribution in [0.1, 0.15) is 11.1 Å². The van der Waals surface area contributed by atoms with Gasteiger partial charge in [0.25, 0.3) is 0 Å². The topological polar surface area (TPSA) is 0 Å². The second-order valence-electron chi connectivity index (χ2n) is 6.53. The third-order valence-electron chi connectivity index (χ3n) is 5.01. The monoisotopic (exact) mass is 377 g/mol. The second kappa shape index (κ2) is 6.21. The van der Waals surface area contributed by atoms with Crippen LogP contribution in [-0.2, 0) is 12.3 Å². The molecule has 0 spiro atoms. The summed E-state index contributed by atoms with van der Waals surface area (Å²) in [4.78, 5) is 3.07. The van der Waals surface area contributed by atoms with E-state index < -0.39 is 7.26 Å². The van der Waals surface area contributed by atoms with Crippen LogP contribution in [0.2, 0.25) is 0 Å². The Morgan fingerprint density at radius 1 is 0.560 bits per heavy atom. The van der Waals surface area contributed by atoms with Crippen LogP contribution in [-0.4, -0.2) is 0 Å². The number of thiophene rings is 2. The number of hydrogen-bond donors (Lipinski definition) is 0. The van der Waals surface area contributed by atoms with Crippen LogP contribution in [0.3, 0.4) is 0 Å². The third-order valence-corrected chi connectivity index (χ3v) is 11.7. The van der Waals surface area contributed by atoms with E-state index in [1.165, 1.54) is 20.9 Å². The summed E-state index contributed by atoms with van der Waals surface area (Å²) in [5.41, 5.74) is 2.92. The Bertz CT molecular complexity index is 915. The van der Waals surface area contributed by atoms with Crippen LogP contribution < -0.4 is 10.6 Å². The van der Waals surface area contributed by atoms with Crippen molar-refractivity contribution in [3.8, 4) is 9.75 Å². The lowest BCUT2D eigenvalue weighted by atomic mass is 10.2. The van der Waals surface area contributed by atoms with Crippen LogP contribution >= 0.6 is 29.9 Å². The van der Waals surface area contributed by atoms with Crippen LogP contribution in [0.25, 0.3) is 9.75 Å². The molecule has 0 atom stereocenters. The van der Waals surface area contributed by atoms with E-state index in [1.807, 2.05) is 22.7 Å². The second-order valence-corrected chi connectivity index (χ2v) is 11.9. The smallest absolute Gasteiger partial charge is 0.119 e. The molecule has 0 aliphatic carbocycles. The van der Waals surface area contributed by atoms with Gasteiger partial charge in [0.05, 0.1) is 29.3 Å². The summed E-state index contributed by atoms with van der Waals surface area (Å²) < 4.78 is 0. The van der Waals surface area contributed by atoms with Gasteiger partial charge >= 0.3 is 0 Å². The zero-order valence-electron chi connectivity index (χ0n) is 13.8. The summed E-state index contributed by atoms with van der Waals surface area (Å²) in [6.45, 7) is 0. The van der Waals surface area contributed by atoms with Crippen molar-refractivity contribution in [2.75, 3.05) is 0 Å². The summed E-state index contributed by atoms with van der Waals surface area (Å²) in [5, 5.41) is 7.84. The van der Waals surface area contributed by atoms with Gasteiger partial charge in [-0.3, -0.25) is 0 Å². The largest absolute Gasteiger partial charge is 0.138 e. The first kappa shape index (κ1) is 15.5. The van der Waals surface area contributed by atoms with Crippen molar-refractivity contribution in [3.63, 3.8) is 0 Å². The van der Waals surface area contributed by atoms with Crippen LogP contribution in [0.4, 0.5) is 0 Å². The predicted molar refractivity (Wildman–Crippen MR) is 114 cm³/mol. The van der Waals surface area contributed by atoms with Gasteiger partial charge in [0.15, 0.2) is 0 Å². The van der Waals surface area contributed by atoms with Gasteiger partial charge in [0.2, 0.25) is 0 Å². The highest BCUT2D eigenvalue weighted by Crippen LogP contribution is 2.69. The van der Waals surface area contributed by atoms with E-state index in [9.17, 15) is 0 Å². The van der Waals surface area contributed by atoms with E-state index in [0.29, 0.717) is 0 Å². The quantitative estimate of drug-likeness (QED) is 0.374. The summed E-state index contributed by atoms with van der Waals surface area (Å²) >= 11 is 3.84. The number of hydrogen-bond acceptors (Lipinski definition) is 2. The van der Waals surface area contributed by atoms with Gasteiger partial charge < -0.3 is 0 Å². The minimum Gasteiger partial charge on any atom is -0.138 e. The van der Waals surface area contributed by atoms with Crippen molar-refractivity contribution in [1.29, 1.82) is 0 Å². The van der Waals surface area contributed by atoms with Crippen LogP contribution in [0.5, 0.6) is 0 Å². The minimum atomic E-state index is -1.45. The lowest BCUT2D eigenvalue weighted by molar-refractivity contribution is 1.31. The molecule has 0 unspecified atom stereocenters. The first-order valence-corrected chi connectivity index (χ1v) is 12.4. The normalized spacial score (nSPS) is 14.2. The minimum absolute atomic E-state index is 1.16. The fourth-order valence-electron chi connectivity index (χ4n) is 3.94. The van der Waals surface area contributed by atoms with Gasteiger partial charge in [-0.25, -0.2) is 0 Å². The van der Waals surface area contributed by atoms with Crippen LogP contribution in [0.15, 0.2) is 83.6 Å². The average Bonchev–Trinajstić information content (AvgIpc) is 3.35. The molecule has 0 N–H and O–H groups in total. The standard InChI is InChI=1S/C22H18PS2/c1-3-7-17(8-4-1)15-23(16-18-9-5-2-6-10-18)19-11-13-24-21(19)22-20(23)12-14-25-22/h1-14H,15-16H2/q+1. The fraction of sp³-hybridized carbons (Fsp3) is 0.0909. The number of rotatable bonds is 4. The zero-order chi connectivity index (χ0) is 16.7. The molecular weight excluding hydrogens is 359 g/mol. The lowest BCUT2D eigenvalue weighted by Crippen LogP contribution is -2.20. The van der Waals surface area contributed by atoms with Gasteiger partial charge in [0, 0.05) is 0 Å². The summed E-state index contributed by atoms with van der Waals surface area (Å²) in [5.74, 6) is 0. The van der Waals surface area contributed by atoms with Crippen molar-refractivity contribution in [2.24, 2.45) is 0 Å². The number of benzene rings is 2. The van der Waals surface area contributed by atoms with E-state index in [4.69, 9.17) is 0 Å². The Morgan fingerprint density at radius 3 is 1.44 bits per heavy atom. The molecule has 25 heavy (non-hydrogen) atoms. The predicted octanol–water partition coefficient (Wildman–Crippen LogP) is 6.16. The fourth-order valence-corrected chi connectivity index (χ4v) is 11.9. The molecule has 0 amide bonds. The van der Waals surface area contributed by atoms with Crippen molar-refractivity contribution in [2.45, 2.75) is 12.3 Å². The van der Waals surface area contributed by atoms with Crippen molar-refractivity contribution >= 4 is 40.5 Å². The summed E-state index contributed by atoms with van der Waals surface area (Å²) in [7, 11) is -1.45. The molecule has 3 heterocycles. The maximum absolute atomic E-state index is 2.41. The van der Waals surface area contributed by atoms with Gasteiger partial charge in [-0.1, -0.05) is 60.7 Å². The zero-order valence-corrected chi connectivity index (χ0v) is 16.3. The van der Waals surface area contributed by atoms with Gasteiger partial charge in [-0.15, -0.1) is 22.7 Å². The molecule has 3 heteroatoms. The van der Waals surface area contributed by atoms with E-state index in [1.54, 1.807) is 10.6 Å². The lowest BCUT2D eigenvalue weighted by Gasteiger charge is -2.23. The molecule has 0 nitrogen and oxygen atoms in total. The molecule has 2 aromatic carbocycles. The van der Waals surface area contributed by atoms with E-state index in [-0.39, 0.29) is 0 Å². The maximum Gasteiger partial charge on any atom is 0.119 e. The first-order chi connectivity index (χ1) is 12.4. The number of fused-ring (bicyclic) bond motifs is 3. The highest BCUT2D eigenvalue weighted by molar-refractivity contribution is 7.90. The van der Waals surface area contributed by atoms with Gasteiger partial charge in [-0.2, -0.15) is 0 Å². The van der Waals surface area contributed by atoms with Gasteiger partial charge in [-0.05, 0) is 34.0 Å². The summed E-state index contributed by atoms with van der Waals surface area (Å²) in [6.07, 6.45) is 2.33. The van der Waals surface area contributed by atoms with Crippen molar-refractivity contribution < 1.29 is 0 Å². The first-order valence-electron chi connectivity index (χ1n) is 8.48. The molecule has 0 bridgehead atoms. The Hall–Kier alpha value is -1.73. The van der Waals surface area contributed by atoms with E-state index >= 15 is 0 Å². The van der Waals surface area contributed by atoms with E-state index in [2.05, 4.69) is 83.6 Å². The Morgan fingerprint density at radius 2 is 1.00 bits per heavy atom. The average molecular weight is 377 g/mol.